The number of nitrogens with one attached hydrogen (secondary N) is 1. The van der Waals surface area contributed by atoms with Gasteiger partial charge in [0.25, 0.3) is 0 Å². The molecule has 27 heavy (non-hydrogen) atoms. The molecule has 140 valence electrons. The van der Waals surface area contributed by atoms with Gasteiger partial charge in [-0.15, -0.1) is 11.3 Å². The highest BCUT2D eigenvalue weighted by Gasteiger charge is 2.33. The molecule has 1 aliphatic rings. The van der Waals surface area contributed by atoms with Crippen LogP contribution in [0.3, 0.4) is 0 Å². The standard InChI is InChI=1S/C21H25N5S/c1-4-21(2,3)15-7-8-17-16(10-15)18-19(23-13-24-20(18)27-17)26-25-12-14-6-5-9-22-11-14/h5-6,9,11-13,15H,4,7-8,10H2,1-3H3,(H,23,24,26)/b25-12+/t15-/m1/s1. The van der Waals surface area contributed by atoms with Gasteiger partial charge in [-0.1, -0.05) is 33.3 Å². The zero-order valence-electron chi connectivity index (χ0n) is 16.1. The van der Waals surface area contributed by atoms with Crippen LogP contribution in [0.15, 0.2) is 36.0 Å². The Bertz CT molecular complexity index is 961. The second-order valence-electron chi connectivity index (χ2n) is 7.84. The predicted molar refractivity (Wildman–Crippen MR) is 112 cm³/mol. The molecule has 0 spiro atoms. The van der Waals surface area contributed by atoms with Crippen molar-refractivity contribution in [2.75, 3.05) is 5.43 Å². The molecule has 0 radical (unpaired) electrons. The molecule has 6 heteroatoms. The number of nitrogens with zero attached hydrogens (tertiary/aromatic N) is 4. The lowest BCUT2D eigenvalue weighted by atomic mass is 9.69. The average Bonchev–Trinajstić information content (AvgIpc) is 3.07. The smallest absolute Gasteiger partial charge is 0.158 e. The van der Waals surface area contributed by atoms with E-state index in [1.165, 1.54) is 23.3 Å². The van der Waals surface area contributed by atoms with Crippen LogP contribution in [0.4, 0.5) is 5.82 Å². The van der Waals surface area contributed by atoms with E-state index < -0.39 is 0 Å². The maximum absolute atomic E-state index is 4.53. The summed E-state index contributed by atoms with van der Waals surface area (Å²) in [5.41, 5.74) is 5.87. The van der Waals surface area contributed by atoms with Crippen LogP contribution >= 0.6 is 11.3 Å². The number of hydrogen-bond donors (Lipinski definition) is 1. The van der Waals surface area contributed by atoms with Gasteiger partial charge in [0.05, 0.1) is 11.6 Å². The summed E-state index contributed by atoms with van der Waals surface area (Å²) in [6, 6.07) is 3.87. The summed E-state index contributed by atoms with van der Waals surface area (Å²) < 4.78 is 0. The quantitative estimate of drug-likeness (QED) is 0.496. The Morgan fingerprint density at radius 1 is 1.37 bits per heavy atom. The number of hydrazone groups is 1. The Morgan fingerprint density at radius 2 is 2.26 bits per heavy atom. The zero-order valence-corrected chi connectivity index (χ0v) is 16.9. The average molecular weight is 380 g/mol. The molecule has 0 bridgehead atoms. The van der Waals surface area contributed by atoms with Crippen molar-refractivity contribution >= 4 is 33.6 Å². The van der Waals surface area contributed by atoms with Gasteiger partial charge in [-0.3, -0.25) is 10.4 Å². The van der Waals surface area contributed by atoms with Crippen molar-refractivity contribution in [2.24, 2.45) is 16.4 Å². The third kappa shape index (κ3) is 3.58. The number of hydrogen-bond acceptors (Lipinski definition) is 6. The summed E-state index contributed by atoms with van der Waals surface area (Å²) >= 11 is 1.81. The van der Waals surface area contributed by atoms with Gasteiger partial charge in [-0.25, -0.2) is 9.97 Å². The minimum Gasteiger partial charge on any atom is -0.264 e. The van der Waals surface area contributed by atoms with Crippen LogP contribution in [0.25, 0.3) is 10.2 Å². The van der Waals surface area contributed by atoms with Gasteiger partial charge in [-0.2, -0.15) is 5.10 Å². The monoisotopic (exact) mass is 379 g/mol. The van der Waals surface area contributed by atoms with Crippen molar-refractivity contribution in [1.82, 2.24) is 15.0 Å². The van der Waals surface area contributed by atoms with Crippen molar-refractivity contribution in [3.8, 4) is 0 Å². The molecular weight excluding hydrogens is 354 g/mol. The Balaban J connectivity index is 1.65. The fraction of sp³-hybridized carbons (Fsp3) is 0.429. The van der Waals surface area contributed by atoms with Crippen LogP contribution in [0.2, 0.25) is 0 Å². The number of fused-ring (bicyclic) bond motifs is 3. The summed E-state index contributed by atoms with van der Waals surface area (Å²) in [4.78, 5) is 15.6. The van der Waals surface area contributed by atoms with Crippen molar-refractivity contribution in [3.63, 3.8) is 0 Å². The van der Waals surface area contributed by atoms with Crippen LogP contribution in [-0.4, -0.2) is 21.2 Å². The molecule has 0 fully saturated rings. The number of anilines is 1. The Labute approximate surface area is 164 Å². The second kappa shape index (κ2) is 7.35. The van der Waals surface area contributed by atoms with E-state index in [0.29, 0.717) is 11.3 Å². The first-order valence-electron chi connectivity index (χ1n) is 9.53. The molecule has 3 heterocycles. The van der Waals surface area contributed by atoms with Crippen LogP contribution in [0, 0.1) is 11.3 Å². The molecule has 3 aromatic heterocycles. The van der Waals surface area contributed by atoms with E-state index >= 15 is 0 Å². The minimum absolute atomic E-state index is 0.355. The lowest BCUT2D eigenvalue weighted by Gasteiger charge is -2.36. The summed E-state index contributed by atoms with van der Waals surface area (Å²) in [6.45, 7) is 7.08. The third-order valence-electron chi connectivity index (χ3n) is 5.93. The van der Waals surface area contributed by atoms with E-state index in [1.807, 2.05) is 23.5 Å². The maximum Gasteiger partial charge on any atom is 0.158 e. The Hall–Kier alpha value is -2.34. The number of aryl methyl sites for hydroxylation is 1. The van der Waals surface area contributed by atoms with Crippen LogP contribution in [0.5, 0.6) is 0 Å². The highest BCUT2D eigenvalue weighted by atomic mass is 32.1. The van der Waals surface area contributed by atoms with Gasteiger partial charge in [0.2, 0.25) is 0 Å². The van der Waals surface area contributed by atoms with E-state index in [9.17, 15) is 0 Å². The van der Waals surface area contributed by atoms with Gasteiger partial charge < -0.3 is 0 Å². The molecular formula is C21H25N5S. The number of pyridine rings is 1. The molecule has 0 amide bonds. The Morgan fingerprint density at radius 3 is 3.04 bits per heavy atom. The van der Waals surface area contributed by atoms with Crippen molar-refractivity contribution in [2.45, 2.75) is 46.5 Å². The van der Waals surface area contributed by atoms with E-state index in [-0.39, 0.29) is 0 Å². The van der Waals surface area contributed by atoms with Crippen molar-refractivity contribution < 1.29 is 0 Å². The highest BCUT2D eigenvalue weighted by Crippen LogP contribution is 2.45. The van der Waals surface area contributed by atoms with E-state index in [2.05, 4.69) is 46.3 Å². The molecule has 5 nitrogen and oxygen atoms in total. The highest BCUT2D eigenvalue weighted by molar-refractivity contribution is 7.19. The fourth-order valence-corrected chi connectivity index (χ4v) is 4.95. The summed E-state index contributed by atoms with van der Waals surface area (Å²) in [6.07, 6.45) is 11.6. The van der Waals surface area contributed by atoms with Crippen LogP contribution in [0.1, 0.15) is 49.6 Å². The number of rotatable bonds is 5. The molecule has 1 atom stereocenters. The lowest BCUT2D eigenvalue weighted by molar-refractivity contribution is 0.184. The molecule has 0 saturated carbocycles. The zero-order chi connectivity index (χ0) is 18.9. The topological polar surface area (TPSA) is 63.1 Å². The first-order chi connectivity index (χ1) is 13.1. The lowest BCUT2D eigenvalue weighted by Crippen LogP contribution is -2.28. The number of thiophene rings is 1. The van der Waals surface area contributed by atoms with E-state index in [1.54, 1.807) is 24.9 Å². The van der Waals surface area contributed by atoms with Gasteiger partial charge in [0.15, 0.2) is 5.82 Å². The first-order valence-corrected chi connectivity index (χ1v) is 10.3. The van der Waals surface area contributed by atoms with Crippen LogP contribution < -0.4 is 5.43 Å². The van der Waals surface area contributed by atoms with Gasteiger partial charge >= 0.3 is 0 Å². The summed E-state index contributed by atoms with van der Waals surface area (Å²) in [7, 11) is 0. The minimum atomic E-state index is 0.355. The predicted octanol–water partition coefficient (Wildman–Crippen LogP) is 5.07. The normalized spacial score (nSPS) is 17.4. The fourth-order valence-electron chi connectivity index (χ4n) is 3.77. The Kier molecular flexibility index (Phi) is 4.91. The van der Waals surface area contributed by atoms with Crippen LogP contribution in [-0.2, 0) is 12.8 Å². The molecule has 1 aliphatic carbocycles. The molecule has 3 aromatic rings. The van der Waals surface area contributed by atoms with Crippen molar-refractivity contribution in [1.29, 1.82) is 0 Å². The van der Waals surface area contributed by atoms with Gasteiger partial charge in [0.1, 0.15) is 11.2 Å². The molecule has 0 saturated heterocycles. The van der Waals surface area contributed by atoms with Gasteiger partial charge in [0, 0.05) is 22.8 Å². The third-order valence-corrected chi connectivity index (χ3v) is 7.13. The van der Waals surface area contributed by atoms with E-state index in [4.69, 9.17) is 0 Å². The van der Waals surface area contributed by atoms with Crippen molar-refractivity contribution in [3.05, 3.63) is 46.9 Å². The summed E-state index contributed by atoms with van der Waals surface area (Å²) in [5, 5.41) is 5.52. The molecule has 4 rings (SSSR count). The van der Waals surface area contributed by atoms with E-state index in [0.717, 1.165) is 34.4 Å². The molecule has 0 aliphatic heterocycles. The van der Waals surface area contributed by atoms with Gasteiger partial charge in [-0.05, 0) is 42.2 Å². The largest absolute Gasteiger partial charge is 0.264 e. The SMILES string of the molecule is CCC(C)(C)[C@@H]1CCc2sc3ncnc(N/N=C/c4cccnc4)c3c2C1. The maximum atomic E-state index is 4.53. The summed E-state index contributed by atoms with van der Waals surface area (Å²) in [5.74, 6) is 1.49. The first kappa shape index (κ1) is 18.0. The second-order valence-corrected chi connectivity index (χ2v) is 8.93. The molecule has 0 unspecified atom stereocenters. The number of aromatic nitrogens is 3. The molecule has 0 aromatic carbocycles. The molecule has 1 N–H and O–H groups in total.